The maximum Gasteiger partial charge on any atom is 0.244 e. The van der Waals surface area contributed by atoms with Gasteiger partial charge in [-0.2, -0.15) is 4.31 Å². The normalized spacial score (nSPS) is 11.6. The highest BCUT2D eigenvalue weighted by Gasteiger charge is 2.22. The summed E-state index contributed by atoms with van der Waals surface area (Å²) in [5.41, 5.74) is 0. The highest BCUT2D eigenvalue weighted by molar-refractivity contribution is 9.10. The molecule has 112 valence electrons. The van der Waals surface area contributed by atoms with E-state index >= 15 is 0 Å². The number of likely N-dealkylation sites (N-methyl/N-ethyl adjacent to an activating group) is 1. The Morgan fingerprint density at radius 1 is 1.05 bits per heavy atom. The van der Waals surface area contributed by atoms with Gasteiger partial charge in [0.15, 0.2) is 0 Å². The van der Waals surface area contributed by atoms with E-state index in [4.69, 9.17) is 4.74 Å². The summed E-state index contributed by atoms with van der Waals surface area (Å²) in [6.45, 7) is 0.572. The van der Waals surface area contributed by atoms with Crippen LogP contribution in [-0.2, 0) is 10.0 Å². The van der Waals surface area contributed by atoms with E-state index in [0.717, 1.165) is 5.75 Å². The first kappa shape index (κ1) is 16.0. The average molecular weight is 370 g/mol. The van der Waals surface area contributed by atoms with Crippen molar-refractivity contribution in [1.29, 1.82) is 0 Å². The monoisotopic (exact) mass is 369 g/mol. The minimum Gasteiger partial charge on any atom is -0.492 e. The summed E-state index contributed by atoms with van der Waals surface area (Å²) in [5.74, 6) is 0.726. The van der Waals surface area contributed by atoms with Crippen molar-refractivity contribution in [2.75, 3.05) is 20.2 Å². The molecule has 21 heavy (non-hydrogen) atoms. The van der Waals surface area contributed by atoms with Crippen molar-refractivity contribution in [1.82, 2.24) is 4.31 Å². The molecule has 0 unspecified atom stereocenters. The predicted octanol–water partition coefficient (Wildman–Crippen LogP) is 3.15. The molecule has 0 saturated heterocycles. The summed E-state index contributed by atoms with van der Waals surface area (Å²) in [6.07, 6.45) is 0. The maximum absolute atomic E-state index is 12.4. The number of rotatable bonds is 6. The highest BCUT2D eigenvalue weighted by atomic mass is 79.9. The molecule has 2 rings (SSSR count). The lowest BCUT2D eigenvalue weighted by Crippen LogP contribution is -2.31. The largest absolute Gasteiger partial charge is 0.492 e. The molecule has 0 saturated carbocycles. The number of hydrogen-bond donors (Lipinski definition) is 0. The van der Waals surface area contributed by atoms with Gasteiger partial charge in [-0.05, 0) is 40.2 Å². The lowest BCUT2D eigenvalue weighted by Gasteiger charge is -2.18. The lowest BCUT2D eigenvalue weighted by molar-refractivity contribution is 0.287. The first-order chi connectivity index (χ1) is 10.0. The third-order valence-electron chi connectivity index (χ3n) is 2.94. The summed E-state index contributed by atoms with van der Waals surface area (Å²) in [4.78, 5) is 0.257. The van der Waals surface area contributed by atoms with Gasteiger partial charge in [-0.1, -0.05) is 30.3 Å². The lowest BCUT2D eigenvalue weighted by atomic mass is 10.3. The molecule has 0 aliphatic heterocycles. The molecule has 0 radical (unpaired) electrons. The van der Waals surface area contributed by atoms with Gasteiger partial charge in [-0.25, -0.2) is 8.42 Å². The van der Waals surface area contributed by atoms with Crippen molar-refractivity contribution in [2.45, 2.75) is 4.90 Å². The smallest absolute Gasteiger partial charge is 0.244 e. The second-order valence-corrected chi connectivity index (χ2v) is 7.29. The average Bonchev–Trinajstić information content (AvgIpc) is 2.48. The number of halogens is 1. The molecular formula is C15H16BrNO3S. The van der Waals surface area contributed by atoms with Crippen LogP contribution < -0.4 is 4.74 Å². The van der Waals surface area contributed by atoms with Gasteiger partial charge in [0, 0.05) is 18.1 Å². The van der Waals surface area contributed by atoms with Gasteiger partial charge < -0.3 is 4.74 Å². The topological polar surface area (TPSA) is 46.6 Å². The van der Waals surface area contributed by atoms with Crippen LogP contribution >= 0.6 is 15.9 Å². The van der Waals surface area contributed by atoms with Gasteiger partial charge in [0.1, 0.15) is 12.4 Å². The number of hydrogen-bond acceptors (Lipinski definition) is 3. The molecule has 0 spiro atoms. The first-order valence-electron chi connectivity index (χ1n) is 6.40. The Bertz CT molecular complexity index is 689. The molecule has 0 aromatic heterocycles. The van der Waals surface area contributed by atoms with E-state index in [-0.39, 0.29) is 11.4 Å². The molecule has 0 amide bonds. The van der Waals surface area contributed by atoms with E-state index < -0.39 is 10.0 Å². The molecule has 2 aromatic carbocycles. The van der Waals surface area contributed by atoms with Crippen molar-refractivity contribution in [3.05, 3.63) is 59.1 Å². The molecular weight excluding hydrogens is 354 g/mol. The molecule has 0 atom stereocenters. The van der Waals surface area contributed by atoms with Gasteiger partial charge in [-0.3, -0.25) is 0 Å². The number of para-hydroxylation sites is 1. The van der Waals surface area contributed by atoms with E-state index in [2.05, 4.69) is 15.9 Å². The Morgan fingerprint density at radius 2 is 1.67 bits per heavy atom. The van der Waals surface area contributed by atoms with E-state index in [1.54, 1.807) is 31.3 Å². The van der Waals surface area contributed by atoms with Crippen molar-refractivity contribution in [2.24, 2.45) is 0 Å². The fourth-order valence-electron chi connectivity index (χ4n) is 1.75. The summed E-state index contributed by atoms with van der Waals surface area (Å²) >= 11 is 3.27. The minimum atomic E-state index is -3.52. The van der Waals surface area contributed by atoms with Gasteiger partial charge in [-0.15, -0.1) is 0 Å². The Balaban J connectivity index is 2.00. The number of ether oxygens (including phenoxy) is 1. The van der Waals surface area contributed by atoms with Crippen LogP contribution in [0.2, 0.25) is 0 Å². The zero-order valence-corrected chi connectivity index (χ0v) is 14.0. The molecule has 6 heteroatoms. The number of benzene rings is 2. The standard InChI is InChI=1S/C15H16BrNO3S/c1-17(11-12-20-13-7-3-2-4-8-13)21(18,19)15-10-6-5-9-14(15)16/h2-10H,11-12H2,1H3. The summed E-state index contributed by atoms with van der Waals surface area (Å²) in [5, 5.41) is 0. The van der Waals surface area contributed by atoms with Crippen LogP contribution in [0.5, 0.6) is 5.75 Å². The van der Waals surface area contributed by atoms with Crippen molar-refractivity contribution in [3.8, 4) is 5.75 Å². The van der Waals surface area contributed by atoms with Crippen LogP contribution in [0, 0.1) is 0 Å². The van der Waals surface area contributed by atoms with Crippen LogP contribution in [0.25, 0.3) is 0 Å². The highest BCUT2D eigenvalue weighted by Crippen LogP contribution is 2.23. The molecule has 2 aromatic rings. The minimum absolute atomic E-state index is 0.257. The Kier molecular flexibility index (Phi) is 5.39. The predicted molar refractivity (Wildman–Crippen MR) is 85.9 cm³/mol. The summed E-state index contributed by atoms with van der Waals surface area (Å²) in [6, 6.07) is 16.1. The van der Waals surface area contributed by atoms with Crippen molar-refractivity contribution in [3.63, 3.8) is 0 Å². The molecule has 0 bridgehead atoms. The van der Waals surface area contributed by atoms with Crippen LogP contribution in [0.15, 0.2) is 64.0 Å². The third-order valence-corrected chi connectivity index (χ3v) is 5.81. The van der Waals surface area contributed by atoms with E-state index in [1.807, 2.05) is 30.3 Å². The SMILES string of the molecule is CN(CCOc1ccccc1)S(=O)(=O)c1ccccc1Br. The van der Waals surface area contributed by atoms with Crippen molar-refractivity contribution < 1.29 is 13.2 Å². The Hall–Kier alpha value is -1.37. The van der Waals surface area contributed by atoms with E-state index in [0.29, 0.717) is 11.1 Å². The quantitative estimate of drug-likeness (QED) is 0.785. The zero-order chi connectivity index (χ0) is 15.3. The molecule has 0 N–H and O–H groups in total. The Morgan fingerprint density at radius 3 is 2.33 bits per heavy atom. The number of nitrogens with zero attached hydrogens (tertiary/aromatic N) is 1. The zero-order valence-electron chi connectivity index (χ0n) is 11.6. The second kappa shape index (κ2) is 7.06. The van der Waals surface area contributed by atoms with Crippen LogP contribution in [-0.4, -0.2) is 32.9 Å². The van der Waals surface area contributed by atoms with E-state index in [1.165, 1.54) is 4.31 Å². The molecule has 0 aliphatic rings. The van der Waals surface area contributed by atoms with Crippen LogP contribution in [0.4, 0.5) is 0 Å². The molecule has 0 heterocycles. The summed E-state index contributed by atoms with van der Waals surface area (Å²) in [7, 11) is -1.97. The second-order valence-electron chi connectivity index (χ2n) is 4.42. The summed E-state index contributed by atoms with van der Waals surface area (Å²) < 4.78 is 32.2. The number of sulfonamides is 1. The van der Waals surface area contributed by atoms with Crippen LogP contribution in [0.1, 0.15) is 0 Å². The Labute approximate surface area is 133 Å². The van der Waals surface area contributed by atoms with Gasteiger partial charge in [0.2, 0.25) is 10.0 Å². The fraction of sp³-hybridized carbons (Fsp3) is 0.200. The van der Waals surface area contributed by atoms with Gasteiger partial charge >= 0.3 is 0 Å². The molecule has 0 fully saturated rings. The first-order valence-corrected chi connectivity index (χ1v) is 8.64. The maximum atomic E-state index is 12.4. The molecule has 0 aliphatic carbocycles. The van der Waals surface area contributed by atoms with Crippen LogP contribution in [0.3, 0.4) is 0 Å². The molecule has 4 nitrogen and oxygen atoms in total. The third kappa shape index (κ3) is 4.06. The van der Waals surface area contributed by atoms with E-state index in [9.17, 15) is 8.42 Å². The van der Waals surface area contributed by atoms with Crippen molar-refractivity contribution >= 4 is 26.0 Å². The van der Waals surface area contributed by atoms with Gasteiger partial charge in [0.25, 0.3) is 0 Å². The van der Waals surface area contributed by atoms with Gasteiger partial charge in [0.05, 0.1) is 4.90 Å². The fourth-order valence-corrected chi connectivity index (χ4v) is 3.86.